The largest absolute Gasteiger partial charge is 0.467 e. The summed E-state index contributed by atoms with van der Waals surface area (Å²) in [6.07, 6.45) is 5.07. The number of nitrogens with zero attached hydrogens (tertiary/aromatic N) is 3. The van der Waals surface area contributed by atoms with E-state index in [4.69, 9.17) is 4.42 Å². The van der Waals surface area contributed by atoms with Crippen molar-refractivity contribution in [3.8, 4) is 0 Å². The molecule has 2 heterocycles. The number of hydrogen-bond donors (Lipinski definition) is 1. The Bertz CT molecular complexity index is 827. The lowest BCUT2D eigenvalue weighted by molar-refractivity contribution is 0.200. The Labute approximate surface area is 144 Å². The Morgan fingerprint density at radius 1 is 1.32 bits per heavy atom. The molecule has 0 saturated heterocycles. The average Bonchev–Trinajstić information content (AvgIpc) is 3.25. The summed E-state index contributed by atoms with van der Waals surface area (Å²) in [5.74, 6) is 0.368. The molecule has 3 rings (SSSR count). The highest BCUT2D eigenvalue weighted by atomic mass is 19.1. The van der Waals surface area contributed by atoms with Gasteiger partial charge in [0.15, 0.2) is 0 Å². The average molecular weight is 342 g/mol. The predicted octanol–water partition coefficient (Wildman–Crippen LogP) is 3.08. The number of aromatic nitrogens is 2. The lowest BCUT2D eigenvalue weighted by Crippen LogP contribution is -2.39. The number of carbonyl (C=O) groups is 1. The maximum atomic E-state index is 13.2. The topological polar surface area (TPSA) is 63.3 Å². The van der Waals surface area contributed by atoms with Crippen molar-refractivity contribution in [2.24, 2.45) is 7.05 Å². The molecule has 2 aromatic heterocycles. The van der Waals surface area contributed by atoms with Gasteiger partial charge >= 0.3 is 6.03 Å². The van der Waals surface area contributed by atoms with Crippen molar-refractivity contribution in [1.29, 1.82) is 0 Å². The van der Waals surface area contributed by atoms with E-state index in [1.165, 1.54) is 17.0 Å². The molecule has 0 aliphatic heterocycles. The van der Waals surface area contributed by atoms with Gasteiger partial charge in [-0.3, -0.25) is 4.68 Å². The van der Waals surface area contributed by atoms with E-state index >= 15 is 0 Å². The Balaban J connectivity index is 1.79. The number of carbonyl (C=O) groups excluding carboxylic acids is 1. The minimum atomic E-state index is -0.430. The van der Waals surface area contributed by atoms with Gasteiger partial charge < -0.3 is 14.6 Å². The highest BCUT2D eigenvalue weighted by Crippen LogP contribution is 2.22. The van der Waals surface area contributed by atoms with Crippen LogP contribution in [0.4, 0.5) is 9.18 Å². The molecule has 1 aromatic carbocycles. The van der Waals surface area contributed by atoms with Crippen molar-refractivity contribution >= 4 is 6.03 Å². The molecule has 1 unspecified atom stereocenters. The first-order chi connectivity index (χ1) is 12.0. The molecule has 1 N–H and O–H groups in total. The quantitative estimate of drug-likeness (QED) is 0.775. The van der Waals surface area contributed by atoms with E-state index in [2.05, 4.69) is 10.4 Å². The molecule has 6 nitrogen and oxygen atoms in total. The van der Waals surface area contributed by atoms with Crippen LogP contribution in [0.25, 0.3) is 0 Å². The van der Waals surface area contributed by atoms with E-state index in [0.29, 0.717) is 12.3 Å². The summed E-state index contributed by atoms with van der Waals surface area (Å²) < 4.78 is 20.2. The maximum absolute atomic E-state index is 13.2. The molecule has 0 saturated carbocycles. The van der Waals surface area contributed by atoms with Gasteiger partial charge in [0, 0.05) is 25.9 Å². The number of furan rings is 1. The molecular formula is C18H19FN4O2. The number of rotatable bonds is 5. The molecule has 7 heteroatoms. The molecule has 1 atom stereocenters. The molecule has 3 aromatic rings. The van der Waals surface area contributed by atoms with Gasteiger partial charge in [0.1, 0.15) is 11.6 Å². The van der Waals surface area contributed by atoms with Crippen molar-refractivity contribution in [2.75, 3.05) is 7.05 Å². The number of aryl methyl sites for hydroxylation is 1. The van der Waals surface area contributed by atoms with Crippen LogP contribution in [0.1, 0.15) is 22.9 Å². The van der Waals surface area contributed by atoms with Crippen LogP contribution < -0.4 is 5.32 Å². The summed E-state index contributed by atoms with van der Waals surface area (Å²) in [5, 5.41) is 7.12. The summed E-state index contributed by atoms with van der Waals surface area (Å²) in [4.78, 5) is 14.1. The molecule has 0 fully saturated rings. The highest BCUT2D eigenvalue weighted by molar-refractivity contribution is 5.75. The van der Waals surface area contributed by atoms with Crippen molar-refractivity contribution in [2.45, 2.75) is 12.6 Å². The summed E-state index contributed by atoms with van der Waals surface area (Å²) in [7, 11) is 3.49. The first-order valence-electron chi connectivity index (χ1n) is 7.81. The summed E-state index contributed by atoms with van der Waals surface area (Å²) in [6, 6.07) is 8.94. The van der Waals surface area contributed by atoms with Crippen LogP contribution in [0.15, 0.2) is 59.5 Å². The fourth-order valence-electron chi connectivity index (χ4n) is 2.55. The van der Waals surface area contributed by atoms with Crippen LogP contribution in [0.2, 0.25) is 0 Å². The number of benzene rings is 1. The summed E-state index contributed by atoms with van der Waals surface area (Å²) in [6.45, 7) is 0.349. The van der Waals surface area contributed by atoms with Crippen molar-refractivity contribution in [3.63, 3.8) is 0 Å². The molecule has 0 aliphatic carbocycles. The van der Waals surface area contributed by atoms with Gasteiger partial charge in [0.2, 0.25) is 0 Å². The number of nitrogens with one attached hydrogen (secondary N) is 1. The van der Waals surface area contributed by atoms with Crippen LogP contribution in [-0.2, 0) is 13.6 Å². The fraction of sp³-hybridized carbons (Fsp3) is 0.222. The standard InChI is InChI=1S/C18H19FN4O2/c1-22(12-16-4-3-9-25-16)18(24)21-17(14-10-20-23(2)11-14)13-5-7-15(19)8-6-13/h3-11,17H,12H2,1-2H3,(H,21,24). The zero-order valence-electron chi connectivity index (χ0n) is 14.0. The first kappa shape index (κ1) is 16.8. The van der Waals surface area contributed by atoms with Crippen molar-refractivity contribution in [3.05, 3.63) is 77.8 Å². The molecular weight excluding hydrogens is 323 g/mol. The van der Waals surface area contributed by atoms with Crippen LogP contribution in [0, 0.1) is 5.82 Å². The monoisotopic (exact) mass is 342 g/mol. The number of amides is 2. The van der Waals surface area contributed by atoms with E-state index in [0.717, 1.165) is 11.1 Å². The number of halogens is 1. The van der Waals surface area contributed by atoms with E-state index in [1.54, 1.807) is 49.4 Å². The Hall–Kier alpha value is -3.09. The second kappa shape index (κ2) is 7.21. The third-order valence-corrected chi connectivity index (χ3v) is 3.85. The van der Waals surface area contributed by atoms with Gasteiger partial charge in [0.05, 0.1) is 25.0 Å². The molecule has 130 valence electrons. The Morgan fingerprint density at radius 3 is 2.68 bits per heavy atom. The predicted molar refractivity (Wildman–Crippen MR) is 90.2 cm³/mol. The van der Waals surface area contributed by atoms with Gasteiger partial charge in [-0.2, -0.15) is 5.10 Å². The van der Waals surface area contributed by atoms with Gasteiger partial charge in [-0.1, -0.05) is 12.1 Å². The molecule has 0 bridgehead atoms. The molecule has 2 amide bonds. The van der Waals surface area contributed by atoms with E-state index in [1.807, 2.05) is 12.3 Å². The van der Waals surface area contributed by atoms with Gasteiger partial charge in [-0.25, -0.2) is 9.18 Å². The van der Waals surface area contributed by atoms with Crippen LogP contribution in [0.5, 0.6) is 0 Å². The molecule has 25 heavy (non-hydrogen) atoms. The molecule has 0 radical (unpaired) electrons. The van der Waals surface area contributed by atoms with Gasteiger partial charge in [0.25, 0.3) is 0 Å². The zero-order valence-corrected chi connectivity index (χ0v) is 14.0. The number of urea groups is 1. The van der Waals surface area contributed by atoms with Crippen molar-refractivity contribution in [1.82, 2.24) is 20.0 Å². The highest BCUT2D eigenvalue weighted by Gasteiger charge is 2.21. The third kappa shape index (κ3) is 4.06. The van der Waals surface area contributed by atoms with E-state index in [-0.39, 0.29) is 11.8 Å². The number of hydrogen-bond acceptors (Lipinski definition) is 3. The summed E-state index contributed by atoms with van der Waals surface area (Å²) >= 11 is 0. The Morgan fingerprint density at radius 2 is 2.08 bits per heavy atom. The zero-order chi connectivity index (χ0) is 17.8. The second-order valence-corrected chi connectivity index (χ2v) is 5.82. The second-order valence-electron chi connectivity index (χ2n) is 5.82. The lowest BCUT2D eigenvalue weighted by Gasteiger charge is -2.23. The van der Waals surface area contributed by atoms with E-state index in [9.17, 15) is 9.18 Å². The normalized spacial score (nSPS) is 12.0. The molecule has 0 aliphatic rings. The fourth-order valence-corrected chi connectivity index (χ4v) is 2.55. The summed E-state index contributed by atoms with van der Waals surface area (Å²) in [5.41, 5.74) is 1.59. The van der Waals surface area contributed by atoms with E-state index < -0.39 is 6.04 Å². The lowest BCUT2D eigenvalue weighted by atomic mass is 10.0. The van der Waals surface area contributed by atoms with Crippen LogP contribution >= 0.6 is 0 Å². The minimum Gasteiger partial charge on any atom is -0.467 e. The van der Waals surface area contributed by atoms with Crippen LogP contribution in [0.3, 0.4) is 0 Å². The van der Waals surface area contributed by atoms with Gasteiger partial charge in [-0.05, 0) is 29.8 Å². The van der Waals surface area contributed by atoms with Crippen LogP contribution in [-0.4, -0.2) is 27.8 Å². The third-order valence-electron chi connectivity index (χ3n) is 3.85. The smallest absolute Gasteiger partial charge is 0.318 e. The van der Waals surface area contributed by atoms with Gasteiger partial charge in [-0.15, -0.1) is 0 Å². The van der Waals surface area contributed by atoms with Crippen molar-refractivity contribution < 1.29 is 13.6 Å². The SMILES string of the molecule is CN(Cc1ccco1)C(=O)NC(c1ccc(F)cc1)c1cnn(C)c1. The Kier molecular flexibility index (Phi) is 4.83. The first-order valence-corrected chi connectivity index (χ1v) is 7.81. The minimum absolute atomic E-state index is 0.269. The maximum Gasteiger partial charge on any atom is 0.318 e. The molecule has 0 spiro atoms.